The zero-order valence-corrected chi connectivity index (χ0v) is 19.0. The summed E-state index contributed by atoms with van der Waals surface area (Å²) in [7, 11) is 1.59. The molecule has 0 heterocycles. The van der Waals surface area contributed by atoms with E-state index in [0.29, 0.717) is 11.5 Å². The van der Waals surface area contributed by atoms with Gasteiger partial charge in [-0.2, -0.15) is 0 Å². The molecule has 5 nitrogen and oxygen atoms in total. The van der Waals surface area contributed by atoms with Crippen molar-refractivity contribution >= 4 is 29.9 Å². The van der Waals surface area contributed by atoms with Crippen molar-refractivity contribution in [2.75, 3.05) is 20.3 Å². The lowest BCUT2D eigenvalue weighted by Gasteiger charge is -2.20. The molecule has 0 aliphatic carbocycles. The van der Waals surface area contributed by atoms with E-state index in [1.165, 1.54) is 5.56 Å². The number of hydrogen-bond donors (Lipinski definition) is 2. The van der Waals surface area contributed by atoms with E-state index in [-0.39, 0.29) is 30.5 Å². The van der Waals surface area contributed by atoms with Crippen molar-refractivity contribution < 1.29 is 14.3 Å². The second kappa shape index (κ2) is 11.9. The molecule has 0 aliphatic rings. The highest BCUT2D eigenvalue weighted by molar-refractivity contribution is 6.30. The van der Waals surface area contributed by atoms with Crippen LogP contribution in [0.3, 0.4) is 0 Å². The minimum Gasteiger partial charge on any atom is -0.493 e. The van der Waals surface area contributed by atoms with E-state index < -0.39 is 0 Å². The van der Waals surface area contributed by atoms with Crippen molar-refractivity contribution in [2.24, 2.45) is 0 Å². The first-order valence-electron chi connectivity index (χ1n) is 9.33. The Morgan fingerprint density at radius 3 is 2.31 bits per heavy atom. The Hall–Kier alpha value is -1.95. The Morgan fingerprint density at radius 1 is 1.03 bits per heavy atom. The number of nitrogens with one attached hydrogen (secondary N) is 2. The molecule has 0 bridgehead atoms. The molecule has 0 fully saturated rings. The quantitative estimate of drug-likeness (QED) is 0.567. The molecular weight excluding hydrogens is 411 g/mol. The molecule has 0 aliphatic heterocycles. The van der Waals surface area contributed by atoms with Crippen LogP contribution in [-0.2, 0) is 17.8 Å². The van der Waals surface area contributed by atoms with E-state index in [2.05, 4.69) is 10.6 Å². The van der Waals surface area contributed by atoms with Gasteiger partial charge in [0.15, 0.2) is 18.1 Å². The largest absolute Gasteiger partial charge is 0.493 e. The van der Waals surface area contributed by atoms with Crippen LogP contribution in [0.25, 0.3) is 0 Å². The molecule has 2 aromatic carbocycles. The minimum absolute atomic E-state index is 0. The SMILES string of the molecule is COc1cc(CNCCc2ccc(Cl)cc2)ccc1OCC(=O)NC(C)(C)C.Cl. The van der Waals surface area contributed by atoms with Crippen LogP contribution in [0, 0.1) is 0 Å². The first-order valence-corrected chi connectivity index (χ1v) is 9.70. The van der Waals surface area contributed by atoms with Crippen LogP contribution in [0.4, 0.5) is 0 Å². The summed E-state index contributed by atoms with van der Waals surface area (Å²) in [6.07, 6.45) is 0.929. The van der Waals surface area contributed by atoms with Gasteiger partial charge in [0.25, 0.3) is 5.91 Å². The van der Waals surface area contributed by atoms with Crippen molar-refractivity contribution in [1.82, 2.24) is 10.6 Å². The topological polar surface area (TPSA) is 59.6 Å². The summed E-state index contributed by atoms with van der Waals surface area (Å²) in [5.74, 6) is 1.000. The van der Waals surface area contributed by atoms with Crippen molar-refractivity contribution in [3.63, 3.8) is 0 Å². The van der Waals surface area contributed by atoms with Gasteiger partial charge in [-0.15, -0.1) is 12.4 Å². The number of carbonyl (C=O) groups excluding carboxylic acids is 1. The molecular formula is C22H30Cl2N2O3. The van der Waals surface area contributed by atoms with Gasteiger partial charge >= 0.3 is 0 Å². The third-order valence-corrected chi connectivity index (χ3v) is 4.19. The van der Waals surface area contributed by atoms with E-state index in [4.69, 9.17) is 21.1 Å². The summed E-state index contributed by atoms with van der Waals surface area (Å²) in [6.45, 7) is 7.32. The molecule has 0 saturated carbocycles. The van der Waals surface area contributed by atoms with Crippen molar-refractivity contribution in [1.29, 1.82) is 0 Å². The van der Waals surface area contributed by atoms with Crippen molar-refractivity contribution in [2.45, 2.75) is 39.3 Å². The Kier molecular flexibility index (Phi) is 10.3. The molecule has 2 aromatic rings. The second-order valence-corrected chi connectivity index (χ2v) is 8.06. The van der Waals surface area contributed by atoms with Gasteiger partial charge in [0.2, 0.25) is 0 Å². The Balaban J connectivity index is 0.00000420. The van der Waals surface area contributed by atoms with E-state index >= 15 is 0 Å². The van der Waals surface area contributed by atoms with Gasteiger partial charge in [-0.3, -0.25) is 4.79 Å². The van der Waals surface area contributed by atoms with Crippen LogP contribution in [0.5, 0.6) is 11.5 Å². The molecule has 7 heteroatoms. The zero-order valence-electron chi connectivity index (χ0n) is 17.4. The molecule has 2 N–H and O–H groups in total. The third kappa shape index (κ3) is 9.39. The molecule has 160 valence electrons. The van der Waals surface area contributed by atoms with E-state index in [1.54, 1.807) is 7.11 Å². The fourth-order valence-electron chi connectivity index (χ4n) is 2.66. The second-order valence-electron chi connectivity index (χ2n) is 7.63. The molecule has 0 atom stereocenters. The minimum atomic E-state index is -0.286. The average molecular weight is 441 g/mol. The number of hydrogen-bond acceptors (Lipinski definition) is 4. The average Bonchev–Trinajstić information content (AvgIpc) is 2.64. The van der Waals surface area contributed by atoms with Gasteiger partial charge in [-0.05, 0) is 69.1 Å². The number of methoxy groups -OCH3 is 1. The van der Waals surface area contributed by atoms with Crippen molar-refractivity contribution in [3.05, 3.63) is 58.6 Å². The highest BCUT2D eigenvalue weighted by Gasteiger charge is 2.15. The van der Waals surface area contributed by atoms with Crippen LogP contribution in [0.1, 0.15) is 31.9 Å². The summed E-state index contributed by atoms with van der Waals surface area (Å²) in [5, 5.41) is 7.04. The van der Waals surface area contributed by atoms with Crippen LogP contribution >= 0.6 is 24.0 Å². The van der Waals surface area contributed by atoms with Crippen LogP contribution in [0.15, 0.2) is 42.5 Å². The fourth-order valence-corrected chi connectivity index (χ4v) is 2.78. The fraction of sp³-hybridized carbons (Fsp3) is 0.409. The molecule has 0 saturated heterocycles. The lowest BCUT2D eigenvalue weighted by molar-refractivity contribution is -0.124. The maximum absolute atomic E-state index is 11.9. The van der Waals surface area contributed by atoms with Crippen molar-refractivity contribution in [3.8, 4) is 11.5 Å². The lowest BCUT2D eigenvalue weighted by Crippen LogP contribution is -2.43. The number of rotatable bonds is 9. The van der Waals surface area contributed by atoms with Gasteiger partial charge in [0.05, 0.1) is 7.11 Å². The van der Waals surface area contributed by atoms with E-state index in [0.717, 1.165) is 30.1 Å². The highest BCUT2D eigenvalue weighted by Crippen LogP contribution is 2.28. The van der Waals surface area contributed by atoms with Gasteiger partial charge in [-0.1, -0.05) is 29.8 Å². The first-order chi connectivity index (χ1) is 13.3. The number of ether oxygens (including phenoxy) is 2. The van der Waals surface area contributed by atoms with Gasteiger partial charge in [0, 0.05) is 17.1 Å². The predicted octanol–water partition coefficient (Wildman–Crippen LogP) is 4.40. The highest BCUT2D eigenvalue weighted by atomic mass is 35.5. The Labute approximate surface area is 184 Å². The number of halogens is 2. The smallest absolute Gasteiger partial charge is 0.258 e. The molecule has 29 heavy (non-hydrogen) atoms. The maximum atomic E-state index is 11.9. The summed E-state index contributed by atoms with van der Waals surface area (Å²) < 4.78 is 11.0. The molecule has 0 aromatic heterocycles. The normalized spacial score (nSPS) is 10.8. The summed E-state index contributed by atoms with van der Waals surface area (Å²) in [5.41, 5.74) is 2.04. The Bertz CT molecular complexity index is 775. The van der Waals surface area contributed by atoms with E-state index in [1.807, 2.05) is 63.2 Å². The molecule has 0 unspecified atom stereocenters. The Morgan fingerprint density at radius 2 is 1.69 bits per heavy atom. The third-order valence-electron chi connectivity index (χ3n) is 3.93. The predicted molar refractivity (Wildman–Crippen MR) is 120 cm³/mol. The summed E-state index contributed by atoms with van der Waals surface area (Å²) >= 11 is 5.90. The van der Waals surface area contributed by atoms with Crippen LogP contribution in [-0.4, -0.2) is 31.7 Å². The number of amides is 1. The monoisotopic (exact) mass is 440 g/mol. The summed E-state index contributed by atoms with van der Waals surface area (Å²) in [4.78, 5) is 11.9. The lowest BCUT2D eigenvalue weighted by atomic mass is 10.1. The van der Waals surface area contributed by atoms with Crippen LogP contribution < -0.4 is 20.1 Å². The summed E-state index contributed by atoms with van der Waals surface area (Å²) in [6, 6.07) is 13.6. The van der Waals surface area contributed by atoms with E-state index in [9.17, 15) is 4.79 Å². The van der Waals surface area contributed by atoms with Gasteiger partial charge < -0.3 is 20.1 Å². The van der Waals surface area contributed by atoms with Gasteiger partial charge in [-0.25, -0.2) is 0 Å². The zero-order chi connectivity index (χ0) is 20.6. The number of carbonyl (C=O) groups is 1. The molecule has 0 radical (unpaired) electrons. The number of benzene rings is 2. The van der Waals surface area contributed by atoms with Crippen LogP contribution in [0.2, 0.25) is 5.02 Å². The maximum Gasteiger partial charge on any atom is 0.258 e. The first kappa shape index (κ1) is 25.1. The molecule has 2 rings (SSSR count). The molecule has 0 spiro atoms. The molecule has 1 amide bonds. The standard InChI is InChI=1S/C22H29ClN2O3.ClH/c1-22(2,3)25-21(26)15-28-19-10-7-17(13-20(19)27-4)14-24-12-11-16-5-8-18(23)9-6-16;/h5-10,13,24H,11-12,14-15H2,1-4H3,(H,25,26);1H. The van der Waals surface area contributed by atoms with Gasteiger partial charge in [0.1, 0.15) is 0 Å².